The molecule has 1 N–H and O–H groups in total. The number of rotatable bonds is 4. The predicted molar refractivity (Wildman–Crippen MR) is 50.4 cm³/mol. The van der Waals surface area contributed by atoms with Crippen LogP contribution in [0.1, 0.15) is 12.8 Å². The Labute approximate surface area is 75.1 Å². The van der Waals surface area contributed by atoms with Gasteiger partial charge in [-0.2, -0.15) is 0 Å². The summed E-state index contributed by atoms with van der Waals surface area (Å²) in [7, 11) is 3.93. The van der Waals surface area contributed by atoms with E-state index in [0.717, 1.165) is 13.2 Å². The number of hydrogen-bond acceptors (Lipinski definition) is 3. The van der Waals surface area contributed by atoms with Crippen molar-refractivity contribution >= 4 is 0 Å². The summed E-state index contributed by atoms with van der Waals surface area (Å²) in [6.45, 7) is 4.24. The Balaban J connectivity index is 2.06. The first-order chi connectivity index (χ1) is 5.83. The highest BCUT2D eigenvalue weighted by Crippen LogP contribution is 2.06. The molecule has 0 aromatic rings. The number of hydrogen-bond donors (Lipinski definition) is 1. The normalized spacial score (nSPS) is 26.0. The van der Waals surface area contributed by atoms with E-state index in [-0.39, 0.29) is 0 Å². The van der Waals surface area contributed by atoms with E-state index >= 15 is 0 Å². The van der Waals surface area contributed by atoms with Crippen LogP contribution in [0.2, 0.25) is 0 Å². The zero-order valence-electron chi connectivity index (χ0n) is 8.18. The van der Waals surface area contributed by atoms with Crippen LogP contribution in [0.3, 0.4) is 0 Å². The van der Waals surface area contributed by atoms with E-state index in [1.54, 1.807) is 7.11 Å². The molecule has 1 rings (SSSR count). The van der Waals surface area contributed by atoms with E-state index in [1.807, 2.05) is 0 Å². The lowest BCUT2D eigenvalue weighted by atomic mass is 10.1. The average Bonchev–Trinajstić information content (AvgIpc) is 2.05. The molecule has 1 unspecified atom stereocenters. The average molecular weight is 172 g/mol. The van der Waals surface area contributed by atoms with Gasteiger partial charge in [-0.05, 0) is 26.4 Å². The lowest BCUT2D eigenvalue weighted by Gasteiger charge is -2.30. The molecule has 1 atom stereocenters. The van der Waals surface area contributed by atoms with Crippen LogP contribution < -0.4 is 5.32 Å². The van der Waals surface area contributed by atoms with Gasteiger partial charge < -0.3 is 15.0 Å². The second-order valence-corrected chi connectivity index (χ2v) is 3.55. The molecule has 1 fully saturated rings. The van der Waals surface area contributed by atoms with Crippen LogP contribution in [-0.2, 0) is 4.74 Å². The Morgan fingerprint density at radius 3 is 3.08 bits per heavy atom. The van der Waals surface area contributed by atoms with Crippen LogP contribution in [-0.4, -0.2) is 51.3 Å². The minimum atomic E-state index is 0.680. The van der Waals surface area contributed by atoms with Crippen molar-refractivity contribution in [1.82, 2.24) is 10.2 Å². The zero-order valence-corrected chi connectivity index (χ0v) is 8.18. The summed E-state index contributed by atoms with van der Waals surface area (Å²) in [5.74, 6) is 0. The minimum absolute atomic E-state index is 0.680. The molecule has 72 valence electrons. The molecule has 3 nitrogen and oxygen atoms in total. The number of nitrogens with one attached hydrogen (secondary N) is 1. The summed E-state index contributed by atoms with van der Waals surface area (Å²) in [6, 6.07) is 0.680. The molecule has 0 aliphatic carbocycles. The molecular weight excluding hydrogens is 152 g/mol. The van der Waals surface area contributed by atoms with Gasteiger partial charge in [0.15, 0.2) is 0 Å². The molecule has 0 spiro atoms. The molecule has 0 saturated carbocycles. The van der Waals surface area contributed by atoms with E-state index in [2.05, 4.69) is 17.3 Å². The number of ether oxygens (including phenoxy) is 1. The Bertz CT molecular complexity index is 119. The van der Waals surface area contributed by atoms with Crippen LogP contribution in [0.15, 0.2) is 0 Å². The van der Waals surface area contributed by atoms with Gasteiger partial charge in [0.2, 0.25) is 0 Å². The lowest BCUT2D eigenvalue weighted by molar-refractivity contribution is 0.179. The van der Waals surface area contributed by atoms with Crippen LogP contribution in [0.25, 0.3) is 0 Å². The smallest absolute Gasteiger partial charge is 0.0587 e. The molecular formula is C9H20N2O. The molecule has 12 heavy (non-hydrogen) atoms. The molecule has 0 amide bonds. The van der Waals surface area contributed by atoms with Crippen molar-refractivity contribution < 1.29 is 4.74 Å². The Kier molecular flexibility index (Phi) is 4.58. The maximum Gasteiger partial charge on any atom is 0.0587 e. The third kappa shape index (κ3) is 3.52. The topological polar surface area (TPSA) is 24.5 Å². The van der Waals surface area contributed by atoms with E-state index < -0.39 is 0 Å². The van der Waals surface area contributed by atoms with Crippen LogP contribution in [0.5, 0.6) is 0 Å². The summed E-state index contributed by atoms with van der Waals surface area (Å²) in [5.41, 5.74) is 0. The van der Waals surface area contributed by atoms with Gasteiger partial charge in [-0.25, -0.2) is 0 Å². The van der Waals surface area contributed by atoms with Gasteiger partial charge in [-0.3, -0.25) is 0 Å². The molecule has 0 bridgehead atoms. The Hall–Kier alpha value is -0.120. The molecule has 0 aromatic heterocycles. The third-order valence-electron chi connectivity index (χ3n) is 2.36. The van der Waals surface area contributed by atoms with Gasteiger partial charge in [-0.1, -0.05) is 0 Å². The van der Waals surface area contributed by atoms with E-state index in [9.17, 15) is 0 Å². The summed E-state index contributed by atoms with van der Waals surface area (Å²) in [4.78, 5) is 2.38. The van der Waals surface area contributed by atoms with E-state index in [0.29, 0.717) is 6.04 Å². The number of likely N-dealkylation sites (N-methyl/N-ethyl adjacent to an activating group) is 1. The fraction of sp³-hybridized carbons (Fsp3) is 1.00. The molecule has 1 saturated heterocycles. The zero-order chi connectivity index (χ0) is 8.81. The summed E-state index contributed by atoms with van der Waals surface area (Å²) >= 11 is 0. The fourth-order valence-corrected chi connectivity index (χ4v) is 1.70. The maximum absolute atomic E-state index is 4.98. The highest BCUT2D eigenvalue weighted by Gasteiger charge is 2.15. The first-order valence-corrected chi connectivity index (χ1v) is 4.74. The maximum atomic E-state index is 4.98. The van der Waals surface area contributed by atoms with Crippen LogP contribution >= 0.6 is 0 Å². The van der Waals surface area contributed by atoms with Crippen molar-refractivity contribution in [3.8, 4) is 0 Å². The molecule has 0 radical (unpaired) electrons. The second kappa shape index (κ2) is 5.51. The highest BCUT2D eigenvalue weighted by atomic mass is 16.5. The summed E-state index contributed by atoms with van der Waals surface area (Å²) in [6.07, 6.45) is 2.63. The van der Waals surface area contributed by atoms with Gasteiger partial charge in [-0.15, -0.1) is 0 Å². The van der Waals surface area contributed by atoms with Crippen molar-refractivity contribution in [3.63, 3.8) is 0 Å². The van der Waals surface area contributed by atoms with Gasteiger partial charge in [0, 0.05) is 26.2 Å². The highest BCUT2D eigenvalue weighted by molar-refractivity contribution is 4.75. The summed E-state index contributed by atoms with van der Waals surface area (Å²) < 4.78 is 4.98. The quantitative estimate of drug-likeness (QED) is 0.618. The van der Waals surface area contributed by atoms with Crippen molar-refractivity contribution in [2.75, 3.05) is 40.4 Å². The monoisotopic (exact) mass is 172 g/mol. The molecule has 3 heteroatoms. The number of nitrogens with zero attached hydrogens (tertiary/aromatic N) is 1. The largest absolute Gasteiger partial charge is 0.383 e. The Morgan fingerprint density at radius 1 is 1.58 bits per heavy atom. The second-order valence-electron chi connectivity index (χ2n) is 3.55. The van der Waals surface area contributed by atoms with Gasteiger partial charge in [0.1, 0.15) is 0 Å². The van der Waals surface area contributed by atoms with Gasteiger partial charge >= 0.3 is 0 Å². The molecule has 0 aromatic carbocycles. The standard InChI is InChI=1S/C9H20N2O/c1-11-6-3-4-9(8-11)10-5-7-12-2/h9-10H,3-8H2,1-2H3. The third-order valence-corrected chi connectivity index (χ3v) is 2.36. The number of piperidine rings is 1. The molecule has 1 aliphatic rings. The predicted octanol–water partition coefficient (Wildman–Crippen LogP) is 0.317. The first kappa shape index (κ1) is 9.96. The van der Waals surface area contributed by atoms with Gasteiger partial charge in [0.25, 0.3) is 0 Å². The van der Waals surface area contributed by atoms with Crippen molar-refractivity contribution in [2.24, 2.45) is 0 Å². The van der Waals surface area contributed by atoms with E-state index in [1.165, 1.54) is 25.9 Å². The van der Waals surface area contributed by atoms with Gasteiger partial charge in [0.05, 0.1) is 6.61 Å². The fourth-order valence-electron chi connectivity index (χ4n) is 1.70. The number of methoxy groups -OCH3 is 1. The van der Waals surface area contributed by atoms with Crippen molar-refractivity contribution in [3.05, 3.63) is 0 Å². The molecule has 1 heterocycles. The van der Waals surface area contributed by atoms with Crippen LogP contribution in [0.4, 0.5) is 0 Å². The van der Waals surface area contributed by atoms with Crippen molar-refractivity contribution in [1.29, 1.82) is 0 Å². The summed E-state index contributed by atoms with van der Waals surface area (Å²) in [5, 5.41) is 3.49. The first-order valence-electron chi connectivity index (χ1n) is 4.74. The number of likely N-dealkylation sites (tertiary alicyclic amines) is 1. The Morgan fingerprint density at radius 2 is 2.42 bits per heavy atom. The SMILES string of the molecule is COCCNC1CCCN(C)C1. The molecule has 1 aliphatic heterocycles. The van der Waals surface area contributed by atoms with E-state index in [4.69, 9.17) is 4.74 Å². The lowest BCUT2D eigenvalue weighted by Crippen LogP contribution is -2.44. The van der Waals surface area contributed by atoms with Crippen LogP contribution in [0, 0.1) is 0 Å². The van der Waals surface area contributed by atoms with Crippen molar-refractivity contribution in [2.45, 2.75) is 18.9 Å². The minimum Gasteiger partial charge on any atom is -0.383 e.